The van der Waals surface area contributed by atoms with Crippen LogP contribution in [0.3, 0.4) is 0 Å². The average Bonchev–Trinajstić information content (AvgIpc) is 3.16. The van der Waals surface area contributed by atoms with Crippen LogP contribution in [0.15, 0.2) is 59.3 Å². The Morgan fingerprint density at radius 1 is 1.14 bits per heavy atom. The van der Waals surface area contributed by atoms with E-state index in [-0.39, 0.29) is 12.0 Å². The maximum atomic E-state index is 12.1. The van der Waals surface area contributed by atoms with Gasteiger partial charge in [-0.2, -0.15) is 0 Å². The van der Waals surface area contributed by atoms with Crippen LogP contribution in [0.1, 0.15) is 38.1 Å². The normalized spacial score (nSPS) is 10.8. The number of oxazole rings is 1. The number of ether oxygens (including phenoxy) is 1. The molecule has 0 spiro atoms. The minimum atomic E-state index is -0.0193. The molecule has 3 aromatic rings. The van der Waals surface area contributed by atoms with Crippen molar-refractivity contribution in [3.05, 3.63) is 66.3 Å². The van der Waals surface area contributed by atoms with Crippen LogP contribution in [0.25, 0.3) is 11.3 Å². The number of nitrogens with one attached hydrogen (secondary N) is 1. The van der Waals surface area contributed by atoms with Crippen LogP contribution in [0.2, 0.25) is 0 Å². The molecule has 3 rings (SSSR count). The van der Waals surface area contributed by atoms with Gasteiger partial charge in [-0.05, 0) is 26.3 Å². The topological polar surface area (TPSA) is 77.2 Å². The Bertz CT molecular complexity index is 891. The highest BCUT2D eigenvalue weighted by Gasteiger charge is 2.10. The fourth-order valence-corrected chi connectivity index (χ4v) is 2.73. The number of nitrogens with zero attached hydrogens (tertiary/aromatic N) is 2. The zero-order valence-corrected chi connectivity index (χ0v) is 16.2. The first-order chi connectivity index (χ1) is 13.6. The average molecular weight is 379 g/mol. The Hall–Kier alpha value is -3.15. The van der Waals surface area contributed by atoms with Gasteiger partial charge in [0, 0.05) is 36.7 Å². The third kappa shape index (κ3) is 5.67. The lowest BCUT2D eigenvalue weighted by Crippen LogP contribution is -2.23. The van der Waals surface area contributed by atoms with E-state index in [0.717, 1.165) is 16.9 Å². The van der Waals surface area contributed by atoms with Gasteiger partial charge in [-0.1, -0.05) is 36.4 Å². The van der Waals surface area contributed by atoms with Crippen LogP contribution in [-0.4, -0.2) is 22.0 Å². The lowest BCUT2D eigenvalue weighted by atomic mass is 10.2. The molecular weight excluding hydrogens is 354 g/mol. The molecule has 6 heteroatoms. The van der Waals surface area contributed by atoms with Gasteiger partial charge in [0.05, 0.1) is 12.3 Å². The number of hydrogen-bond acceptors (Lipinski definition) is 5. The summed E-state index contributed by atoms with van der Waals surface area (Å²) in [5.74, 6) is 1.93. The number of hydrogen-bond donors (Lipinski definition) is 1. The summed E-state index contributed by atoms with van der Waals surface area (Å²) in [6, 6.07) is 13.6. The Morgan fingerprint density at radius 3 is 2.75 bits per heavy atom. The van der Waals surface area contributed by atoms with Gasteiger partial charge in [0.2, 0.25) is 11.8 Å². The summed E-state index contributed by atoms with van der Waals surface area (Å²) < 4.78 is 11.4. The summed E-state index contributed by atoms with van der Waals surface area (Å²) >= 11 is 0. The molecule has 28 heavy (non-hydrogen) atoms. The highest BCUT2D eigenvalue weighted by molar-refractivity contribution is 5.75. The second-order valence-electron chi connectivity index (χ2n) is 6.75. The van der Waals surface area contributed by atoms with Gasteiger partial charge in [-0.25, -0.2) is 9.97 Å². The van der Waals surface area contributed by atoms with Crippen molar-refractivity contribution in [2.45, 2.75) is 45.8 Å². The molecule has 6 nitrogen and oxygen atoms in total. The Kier molecular flexibility index (Phi) is 6.78. The van der Waals surface area contributed by atoms with Crippen LogP contribution in [0.5, 0.6) is 5.88 Å². The molecule has 0 aliphatic heterocycles. The molecule has 0 saturated heterocycles. The summed E-state index contributed by atoms with van der Waals surface area (Å²) in [5.41, 5.74) is 1.86. The number of amides is 1. The van der Waals surface area contributed by atoms with Crippen LogP contribution < -0.4 is 10.1 Å². The lowest BCUT2D eigenvalue weighted by molar-refractivity contribution is -0.121. The van der Waals surface area contributed by atoms with Gasteiger partial charge in [0.25, 0.3) is 0 Å². The first-order valence-electron chi connectivity index (χ1n) is 9.49. The molecule has 0 aliphatic rings. The zero-order chi connectivity index (χ0) is 19.8. The second-order valence-corrected chi connectivity index (χ2v) is 6.75. The highest BCUT2D eigenvalue weighted by Crippen LogP contribution is 2.20. The fourth-order valence-electron chi connectivity index (χ4n) is 2.73. The van der Waals surface area contributed by atoms with E-state index in [2.05, 4.69) is 15.3 Å². The third-order valence-corrected chi connectivity index (χ3v) is 4.08. The van der Waals surface area contributed by atoms with Gasteiger partial charge >= 0.3 is 0 Å². The van der Waals surface area contributed by atoms with E-state index in [0.29, 0.717) is 37.6 Å². The minimum absolute atomic E-state index is 0.0193. The second kappa shape index (κ2) is 9.69. The van der Waals surface area contributed by atoms with Crippen molar-refractivity contribution >= 4 is 5.91 Å². The van der Waals surface area contributed by atoms with Gasteiger partial charge in [-0.3, -0.25) is 4.79 Å². The molecular formula is C22H25N3O3. The molecule has 2 aromatic heterocycles. The molecule has 146 valence electrons. The van der Waals surface area contributed by atoms with Crippen molar-refractivity contribution in [3.8, 4) is 17.2 Å². The molecule has 0 atom stereocenters. The summed E-state index contributed by atoms with van der Waals surface area (Å²) in [5, 5.41) is 2.92. The number of pyridine rings is 1. The molecule has 0 saturated carbocycles. The Morgan fingerprint density at radius 2 is 1.96 bits per heavy atom. The molecule has 1 N–H and O–H groups in total. The van der Waals surface area contributed by atoms with Crippen molar-refractivity contribution in [1.82, 2.24) is 15.3 Å². The minimum Gasteiger partial charge on any atom is -0.475 e. The number of carbonyl (C=O) groups excluding carboxylic acids is 1. The summed E-state index contributed by atoms with van der Waals surface area (Å²) in [6.45, 7) is 4.29. The number of aromatic nitrogens is 2. The quantitative estimate of drug-likeness (QED) is 0.604. The summed E-state index contributed by atoms with van der Waals surface area (Å²) in [6.07, 6.45) is 5.14. The van der Waals surface area contributed by atoms with Crippen molar-refractivity contribution in [3.63, 3.8) is 0 Å². The van der Waals surface area contributed by atoms with Crippen LogP contribution in [0.4, 0.5) is 0 Å². The molecule has 1 amide bonds. The van der Waals surface area contributed by atoms with Gasteiger partial charge in [0.15, 0.2) is 11.7 Å². The number of rotatable bonds is 9. The lowest BCUT2D eigenvalue weighted by Gasteiger charge is -2.13. The van der Waals surface area contributed by atoms with Crippen molar-refractivity contribution < 1.29 is 13.9 Å². The molecule has 1 aromatic carbocycles. The van der Waals surface area contributed by atoms with Crippen LogP contribution >= 0.6 is 0 Å². The maximum Gasteiger partial charge on any atom is 0.220 e. The third-order valence-electron chi connectivity index (χ3n) is 4.08. The first-order valence-corrected chi connectivity index (χ1v) is 9.49. The van der Waals surface area contributed by atoms with Crippen LogP contribution in [-0.2, 0) is 17.8 Å². The standard InChI is InChI=1S/C22H25N3O3/c1-16(2)27-22-18(10-7-13-23-22)14-24-20(26)11-6-12-21-25-15-19(28-21)17-8-4-3-5-9-17/h3-5,7-10,13,15-16H,6,11-12,14H2,1-2H3,(H,24,26). The van der Waals surface area contributed by atoms with Crippen LogP contribution in [0, 0.1) is 0 Å². The van der Waals surface area contributed by atoms with Crippen molar-refractivity contribution in [1.29, 1.82) is 0 Å². The predicted octanol–water partition coefficient (Wildman–Crippen LogP) is 4.16. The molecule has 0 fully saturated rings. The van der Waals surface area contributed by atoms with E-state index in [1.165, 1.54) is 0 Å². The van der Waals surface area contributed by atoms with Crippen molar-refractivity contribution in [2.24, 2.45) is 0 Å². The first kappa shape index (κ1) is 19.6. The fraction of sp³-hybridized carbons (Fsp3) is 0.318. The number of benzene rings is 1. The van der Waals surface area contributed by atoms with Crippen molar-refractivity contribution in [2.75, 3.05) is 0 Å². The van der Waals surface area contributed by atoms with E-state index in [1.807, 2.05) is 56.3 Å². The summed E-state index contributed by atoms with van der Waals surface area (Å²) in [7, 11) is 0. The molecule has 0 aliphatic carbocycles. The highest BCUT2D eigenvalue weighted by atomic mass is 16.5. The van der Waals surface area contributed by atoms with E-state index >= 15 is 0 Å². The zero-order valence-electron chi connectivity index (χ0n) is 16.2. The Balaban J connectivity index is 1.44. The van der Waals surface area contributed by atoms with Gasteiger partial charge < -0.3 is 14.5 Å². The number of carbonyl (C=O) groups is 1. The SMILES string of the molecule is CC(C)Oc1ncccc1CNC(=O)CCCc1ncc(-c2ccccc2)o1. The molecule has 0 unspecified atom stereocenters. The maximum absolute atomic E-state index is 12.1. The predicted molar refractivity (Wildman–Crippen MR) is 107 cm³/mol. The number of aryl methyl sites for hydroxylation is 1. The Labute approximate surface area is 165 Å². The molecule has 0 radical (unpaired) electrons. The van der Waals surface area contributed by atoms with E-state index in [1.54, 1.807) is 12.4 Å². The molecule has 0 bridgehead atoms. The molecule has 2 heterocycles. The summed E-state index contributed by atoms with van der Waals surface area (Å²) in [4.78, 5) is 20.7. The van der Waals surface area contributed by atoms with E-state index < -0.39 is 0 Å². The van der Waals surface area contributed by atoms with Gasteiger partial charge in [-0.15, -0.1) is 0 Å². The smallest absolute Gasteiger partial charge is 0.220 e. The van der Waals surface area contributed by atoms with E-state index in [4.69, 9.17) is 9.15 Å². The monoisotopic (exact) mass is 379 g/mol. The van der Waals surface area contributed by atoms with E-state index in [9.17, 15) is 4.79 Å². The largest absolute Gasteiger partial charge is 0.475 e. The van der Waals surface area contributed by atoms with Gasteiger partial charge in [0.1, 0.15) is 0 Å².